The Labute approximate surface area is 224 Å². The highest BCUT2D eigenvalue weighted by atomic mass is 35.5. The summed E-state index contributed by atoms with van der Waals surface area (Å²) in [7, 11) is 4.26. The second kappa shape index (κ2) is 9.24. The maximum Gasteiger partial charge on any atom is 0.246 e. The minimum Gasteiger partial charge on any atom is -0.507 e. The van der Waals surface area contributed by atoms with Crippen LogP contribution in [0, 0.1) is 5.82 Å². The van der Waals surface area contributed by atoms with Gasteiger partial charge in [0.15, 0.2) is 0 Å². The lowest BCUT2D eigenvalue weighted by Gasteiger charge is -2.48. The number of rotatable bonds is 3. The van der Waals surface area contributed by atoms with Gasteiger partial charge in [-0.2, -0.15) is 0 Å². The molecule has 0 spiro atoms. The molecule has 37 heavy (non-hydrogen) atoms. The van der Waals surface area contributed by atoms with Gasteiger partial charge in [-0.3, -0.25) is 9.69 Å². The summed E-state index contributed by atoms with van der Waals surface area (Å²) in [6.07, 6.45) is 3.33. The summed E-state index contributed by atoms with van der Waals surface area (Å²) in [5.41, 5.74) is 0.783. The molecule has 7 nitrogen and oxygen atoms in total. The minimum absolute atomic E-state index is 0.0420. The lowest BCUT2D eigenvalue weighted by molar-refractivity contribution is -0.129. The number of hydrogen-bond donors (Lipinski definition) is 1. The predicted octanol–water partition coefficient (Wildman–Crippen LogP) is 2.09. The molecule has 2 fully saturated rings. The molecule has 3 aliphatic heterocycles. The summed E-state index contributed by atoms with van der Waals surface area (Å²) in [5.74, 6) is 0.202. The van der Waals surface area contributed by atoms with E-state index in [0.29, 0.717) is 37.8 Å². The molecule has 0 aliphatic carbocycles. The van der Waals surface area contributed by atoms with Crippen LogP contribution in [0.5, 0.6) is 11.5 Å². The number of ether oxygens (including phenoxy) is 1. The third-order valence-corrected chi connectivity index (χ3v) is 8.53. The van der Waals surface area contributed by atoms with Crippen molar-refractivity contribution in [1.29, 1.82) is 0 Å². The Morgan fingerprint density at radius 1 is 1.32 bits per heavy atom. The number of aromatic nitrogens is 1. The van der Waals surface area contributed by atoms with Gasteiger partial charge in [0.25, 0.3) is 0 Å². The molecule has 0 unspecified atom stereocenters. The number of benzene rings is 1. The number of fused-ring (bicyclic) bond motifs is 2. The fourth-order valence-electron chi connectivity index (χ4n) is 6.21. The van der Waals surface area contributed by atoms with E-state index >= 15 is 4.39 Å². The van der Waals surface area contributed by atoms with Gasteiger partial charge in [-0.05, 0) is 50.2 Å². The van der Waals surface area contributed by atoms with Crippen molar-refractivity contribution in [2.24, 2.45) is 0 Å². The van der Waals surface area contributed by atoms with Crippen molar-refractivity contribution in [3.05, 3.63) is 47.3 Å². The largest absolute Gasteiger partial charge is 0.507 e. The standard InChI is InChI=1S/C26H32B2ClFN4O3/c1-4-18(36)32-11-12-33-15(13-32)14-37-23-20(26(33,27)28)24(34-10-6-9-25(34,2)3)31-22(21(23)29)19-16(30)7-5-8-17(19)35/h4-5,7-8,15,35H,1,6,9-14,27-28H2,2-3H3/t15-/m1/s1. The molecule has 3 aliphatic rings. The summed E-state index contributed by atoms with van der Waals surface area (Å²) < 4.78 is 21.5. The molecule has 1 aromatic heterocycles. The number of nitrogens with zero attached hydrogens (tertiary/aromatic N) is 4. The molecule has 11 heteroatoms. The fraction of sp³-hybridized carbons (Fsp3) is 0.462. The molecular formula is C26H32B2ClFN4O3. The Kier molecular flexibility index (Phi) is 6.47. The first kappa shape index (κ1) is 25.9. The molecule has 0 radical (unpaired) electrons. The molecule has 0 saturated carbocycles. The molecule has 1 aromatic carbocycles. The van der Waals surface area contributed by atoms with Crippen LogP contribution in [0.3, 0.4) is 0 Å². The van der Waals surface area contributed by atoms with Crippen LogP contribution < -0.4 is 9.64 Å². The van der Waals surface area contributed by atoms with Gasteiger partial charge in [0, 0.05) is 37.3 Å². The van der Waals surface area contributed by atoms with Crippen molar-refractivity contribution >= 4 is 39.0 Å². The van der Waals surface area contributed by atoms with Crippen molar-refractivity contribution in [1.82, 2.24) is 14.8 Å². The van der Waals surface area contributed by atoms with Gasteiger partial charge in [-0.1, -0.05) is 24.2 Å². The van der Waals surface area contributed by atoms with Gasteiger partial charge in [-0.25, -0.2) is 9.37 Å². The van der Waals surface area contributed by atoms with Crippen LogP contribution in [0.4, 0.5) is 10.2 Å². The van der Waals surface area contributed by atoms with E-state index in [2.05, 4.69) is 45.9 Å². The Bertz CT molecular complexity index is 1250. The number of pyridine rings is 1. The predicted molar refractivity (Wildman–Crippen MR) is 148 cm³/mol. The van der Waals surface area contributed by atoms with Crippen LogP contribution in [0.25, 0.3) is 11.3 Å². The number of halogens is 2. The van der Waals surface area contributed by atoms with Crippen molar-refractivity contribution < 1.29 is 19.0 Å². The number of anilines is 1. The van der Waals surface area contributed by atoms with Crippen molar-refractivity contribution in [2.75, 3.05) is 37.7 Å². The SMILES string of the molecule is BC1(B)c2c(N3CCCC3(C)C)nc(-c3c(O)cccc3F)c(Cl)c2OC[C@H]2CN(C(=O)C=C)CCN21. The summed E-state index contributed by atoms with van der Waals surface area (Å²) in [5, 5.41) is 10.2. The van der Waals surface area contributed by atoms with Gasteiger partial charge in [-0.15, -0.1) is 0 Å². The van der Waals surface area contributed by atoms with Crippen molar-refractivity contribution in [3.63, 3.8) is 0 Å². The highest BCUT2D eigenvalue weighted by Crippen LogP contribution is 2.51. The Balaban J connectivity index is 1.73. The summed E-state index contributed by atoms with van der Waals surface area (Å²) >= 11 is 6.97. The van der Waals surface area contributed by atoms with E-state index in [1.54, 1.807) is 4.90 Å². The van der Waals surface area contributed by atoms with E-state index in [0.717, 1.165) is 24.9 Å². The Morgan fingerprint density at radius 3 is 2.73 bits per heavy atom. The minimum atomic E-state index is -0.607. The van der Waals surface area contributed by atoms with E-state index in [1.165, 1.54) is 24.3 Å². The van der Waals surface area contributed by atoms with Crippen LogP contribution >= 0.6 is 11.6 Å². The van der Waals surface area contributed by atoms with E-state index in [4.69, 9.17) is 21.3 Å². The van der Waals surface area contributed by atoms with Crippen LogP contribution in [0.15, 0.2) is 30.9 Å². The smallest absolute Gasteiger partial charge is 0.246 e. The maximum absolute atomic E-state index is 15.1. The first-order valence-corrected chi connectivity index (χ1v) is 13.2. The van der Waals surface area contributed by atoms with Crippen LogP contribution in [0.1, 0.15) is 32.3 Å². The second-order valence-corrected chi connectivity index (χ2v) is 11.6. The number of phenolic OH excluding ortho intramolecular Hbond substituents is 1. The van der Waals surface area contributed by atoms with E-state index < -0.39 is 11.2 Å². The monoisotopic (exact) mass is 524 g/mol. The maximum atomic E-state index is 15.1. The van der Waals surface area contributed by atoms with Gasteiger partial charge >= 0.3 is 0 Å². The van der Waals surface area contributed by atoms with E-state index in [-0.39, 0.29) is 39.5 Å². The third kappa shape index (κ3) is 4.18. The summed E-state index contributed by atoms with van der Waals surface area (Å²) in [6, 6.07) is 4.08. The average molecular weight is 525 g/mol. The number of aromatic hydroxyl groups is 1. The quantitative estimate of drug-likeness (QED) is 0.490. The van der Waals surface area contributed by atoms with E-state index in [1.807, 2.05) is 0 Å². The highest BCUT2D eigenvalue weighted by Gasteiger charge is 2.47. The molecule has 5 rings (SSSR count). The zero-order chi connectivity index (χ0) is 26.7. The molecule has 1 atom stereocenters. The number of hydrogen-bond acceptors (Lipinski definition) is 6. The topological polar surface area (TPSA) is 69.1 Å². The molecule has 1 N–H and O–H groups in total. The molecule has 194 valence electrons. The summed E-state index contributed by atoms with van der Waals surface area (Å²) in [4.78, 5) is 23.8. The second-order valence-electron chi connectivity index (χ2n) is 11.2. The Morgan fingerprint density at radius 2 is 2.08 bits per heavy atom. The van der Waals surface area contributed by atoms with Gasteiger partial charge in [0.2, 0.25) is 5.91 Å². The van der Waals surface area contributed by atoms with Crippen molar-refractivity contribution in [3.8, 4) is 22.8 Å². The zero-order valence-corrected chi connectivity index (χ0v) is 22.6. The fourth-order valence-corrected chi connectivity index (χ4v) is 6.50. The Hall–Kier alpha value is -2.71. The number of amides is 1. The highest BCUT2D eigenvalue weighted by molar-refractivity contribution is 6.41. The first-order valence-electron chi connectivity index (χ1n) is 12.8. The van der Waals surface area contributed by atoms with Crippen molar-refractivity contribution in [2.45, 2.75) is 43.6 Å². The first-order chi connectivity index (χ1) is 17.5. The van der Waals surface area contributed by atoms with Gasteiger partial charge < -0.3 is 19.6 Å². The lowest BCUT2D eigenvalue weighted by Crippen LogP contribution is -2.63. The van der Waals surface area contributed by atoms with E-state index in [9.17, 15) is 9.90 Å². The molecular weight excluding hydrogens is 492 g/mol. The normalized spacial score (nSPS) is 22.5. The van der Waals surface area contributed by atoms with Crippen LogP contribution in [-0.2, 0) is 10.1 Å². The molecule has 1 amide bonds. The molecule has 2 aromatic rings. The van der Waals surface area contributed by atoms with Crippen LogP contribution in [0.2, 0.25) is 5.02 Å². The number of carbonyl (C=O) groups excluding carboxylic acids is 1. The molecule has 4 heterocycles. The average Bonchev–Trinajstić information content (AvgIpc) is 3.15. The zero-order valence-electron chi connectivity index (χ0n) is 21.9. The molecule has 2 saturated heterocycles. The number of carbonyl (C=O) groups is 1. The third-order valence-electron chi connectivity index (χ3n) is 8.18. The summed E-state index contributed by atoms with van der Waals surface area (Å²) in [6.45, 7) is 10.8. The number of piperazine rings is 1. The number of phenols is 1. The molecule has 0 bridgehead atoms. The van der Waals surface area contributed by atoms with Gasteiger partial charge in [0.1, 0.15) is 56.2 Å². The van der Waals surface area contributed by atoms with Gasteiger partial charge in [0.05, 0.1) is 11.6 Å². The van der Waals surface area contributed by atoms with Crippen LogP contribution in [-0.4, -0.2) is 85.9 Å². The lowest BCUT2D eigenvalue weighted by atomic mass is 9.56.